The number of carbonyl (C=O) groups is 2. The number of rotatable bonds is 11. The van der Waals surface area contributed by atoms with Crippen LogP contribution >= 0.6 is 0 Å². The van der Waals surface area contributed by atoms with Crippen LogP contribution in [0, 0.1) is 0 Å². The number of hydrogen-bond donors (Lipinski definition) is 5. The van der Waals surface area contributed by atoms with E-state index in [-0.39, 0.29) is 35.8 Å². The summed E-state index contributed by atoms with van der Waals surface area (Å²) in [5.74, 6) is -0.248. The van der Waals surface area contributed by atoms with Gasteiger partial charge in [0.15, 0.2) is 0 Å². The van der Waals surface area contributed by atoms with Crippen LogP contribution in [0.15, 0.2) is 83.8 Å². The van der Waals surface area contributed by atoms with Crippen LogP contribution < -0.4 is 20.1 Å². The number of aliphatic hydroxyl groups excluding tert-OH is 2. The molecule has 0 saturated heterocycles. The van der Waals surface area contributed by atoms with Gasteiger partial charge in [0.25, 0.3) is 21.9 Å². The van der Waals surface area contributed by atoms with Crippen molar-refractivity contribution < 1.29 is 42.2 Å². The number of hydrogen-bond acceptors (Lipinski definition) is 8. The Morgan fingerprint density at radius 2 is 1.41 bits per heavy atom. The molecule has 44 heavy (non-hydrogen) atoms. The molecular formula is C32H30N2O9S. The van der Waals surface area contributed by atoms with Crippen molar-refractivity contribution in [2.24, 2.45) is 0 Å². The molecule has 0 heterocycles. The molecule has 4 rings (SSSR count). The van der Waals surface area contributed by atoms with Crippen LogP contribution in [0.4, 0.5) is 11.4 Å². The fourth-order valence-corrected chi connectivity index (χ4v) is 5.01. The van der Waals surface area contributed by atoms with Crippen molar-refractivity contribution in [1.29, 1.82) is 0 Å². The van der Waals surface area contributed by atoms with E-state index in [2.05, 4.69) is 10.6 Å². The summed E-state index contributed by atoms with van der Waals surface area (Å²) in [4.78, 5) is 25.2. The molecule has 0 unspecified atom stereocenters. The molecule has 4 aromatic rings. The Bertz CT molecular complexity index is 1820. The summed E-state index contributed by atoms with van der Waals surface area (Å²) in [5.41, 5.74) is 2.88. The van der Waals surface area contributed by atoms with Gasteiger partial charge < -0.3 is 30.3 Å². The van der Waals surface area contributed by atoms with Crippen molar-refractivity contribution in [3.05, 3.63) is 112 Å². The summed E-state index contributed by atoms with van der Waals surface area (Å²) in [5, 5.41) is 24.3. The van der Waals surface area contributed by atoms with Gasteiger partial charge in [-0.15, -0.1) is 0 Å². The normalized spacial score (nSPS) is 11.3. The van der Waals surface area contributed by atoms with Crippen molar-refractivity contribution >= 4 is 45.5 Å². The lowest BCUT2D eigenvalue weighted by Crippen LogP contribution is -2.14. The molecule has 2 amide bonds. The molecule has 0 aliphatic carbocycles. The molecule has 5 N–H and O–H groups in total. The highest BCUT2D eigenvalue weighted by Crippen LogP contribution is 2.26. The summed E-state index contributed by atoms with van der Waals surface area (Å²) in [6.07, 6.45) is 3.11. The molecule has 11 nitrogen and oxygen atoms in total. The molecule has 0 radical (unpaired) electrons. The molecule has 0 aliphatic rings. The van der Waals surface area contributed by atoms with Crippen molar-refractivity contribution in [2.45, 2.75) is 18.1 Å². The van der Waals surface area contributed by atoms with E-state index in [9.17, 15) is 32.8 Å². The molecule has 12 heteroatoms. The van der Waals surface area contributed by atoms with E-state index in [1.54, 1.807) is 54.6 Å². The quantitative estimate of drug-likeness (QED) is 0.119. The summed E-state index contributed by atoms with van der Waals surface area (Å²) >= 11 is 0. The Labute approximate surface area is 254 Å². The molecule has 4 aromatic carbocycles. The summed E-state index contributed by atoms with van der Waals surface area (Å²) in [6.45, 7) is -0.570. The Hall–Kier alpha value is -5.01. The number of amides is 2. The van der Waals surface area contributed by atoms with Gasteiger partial charge in [-0.3, -0.25) is 14.1 Å². The van der Waals surface area contributed by atoms with Crippen LogP contribution in [-0.2, 0) is 23.3 Å². The second-order valence-corrected chi connectivity index (χ2v) is 10.9. The smallest absolute Gasteiger partial charge is 0.295 e. The number of anilines is 2. The highest BCUT2D eigenvalue weighted by atomic mass is 32.2. The first-order valence-corrected chi connectivity index (χ1v) is 14.6. The van der Waals surface area contributed by atoms with E-state index >= 15 is 0 Å². The number of nitrogens with one attached hydrogen (secondary N) is 2. The maximum atomic E-state index is 12.9. The average molecular weight is 619 g/mol. The minimum absolute atomic E-state index is 0.120. The highest BCUT2D eigenvalue weighted by Gasteiger charge is 2.18. The maximum absolute atomic E-state index is 12.9. The van der Waals surface area contributed by atoms with Gasteiger partial charge in [0.05, 0.1) is 33.0 Å². The Kier molecular flexibility index (Phi) is 10.1. The van der Waals surface area contributed by atoms with Crippen LogP contribution in [0.3, 0.4) is 0 Å². The number of benzene rings is 4. The van der Waals surface area contributed by atoms with Gasteiger partial charge in [0.1, 0.15) is 16.4 Å². The first kappa shape index (κ1) is 31.9. The van der Waals surface area contributed by atoms with Crippen LogP contribution in [-0.4, -0.2) is 49.2 Å². The van der Waals surface area contributed by atoms with Gasteiger partial charge in [0, 0.05) is 16.9 Å². The van der Waals surface area contributed by atoms with E-state index < -0.39 is 26.8 Å². The van der Waals surface area contributed by atoms with Crippen LogP contribution in [0.1, 0.15) is 43.0 Å². The zero-order valence-electron chi connectivity index (χ0n) is 23.8. The first-order chi connectivity index (χ1) is 21.1. The number of aliphatic hydroxyl groups is 2. The third-order valence-electron chi connectivity index (χ3n) is 6.59. The minimum Gasteiger partial charge on any atom is -0.497 e. The fraction of sp³-hybridized carbons (Fsp3) is 0.125. The predicted molar refractivity (Wildman–Crippen MR) is 165 cm³/mol. The number of methoxy groups -OCH3 is 2. The highest BCUT2D eigenvalue weighted by molar-refractivity contribution is 7.86. The van der Waals surface area contributed by atoms with Gasteiger partial charge in [-0.1, -0.05) is 36.4 Å². The Balaban J connectivity index is 1.50. The SMILES string of the molecule is COc1ccc(C(=O)Nc2ccc(C=Cc3ccc(NC(=O)c4ccc(CO)cc4OC)cc3S(=O)(=O)O)cc2)c(CO)c1. The van der Waals surface area contributed by atoms with Crippen molar-refractivity contribution in [1.82, 2.24) is 0 Å². The van der Waals surface area contributed by atoms with Gasteiger partial charge in [0.2, 0.25) is 0 Å². The Morgan fingerprint density at radius 3 is 2.05 bits per heavy atom. The third kappa shape index (κ3) is 7.68. The topological polar surface area (TPSA) is 171 Å². The molecule has 0 aromatic heterocycles. The second kappa shape index (κ2) is 14.0. The third-order valence-corrected chi connectivity index (χ3v) is 7.50. The molecule has 0 spiro atoms. The lowest BCUT2D eigenvalue weighted by Gasteiger charge is -2.12. The molecule has 0 atom stereocenters. The van der Waals surface area contributed by atoms with E-state index in [0.29, 0.717) is 33.7 Å². The lowest BCUT2D eigenvalue weighted by atomic mass is 10.1. The van der Waals surface area contributed by atoms with Crippen molar-refractivity contribution in [3.63, 3.8) is 0 Å². The van der Waals surface area contributed by atoms with E-state index in [0.717, 1.165) is 6.07 Å². The zero-order chi connectivity index (χ0) is 31.9. The molecule has 228 valence electrons. The standard InChI is InChI=1S/C32H30N2O9S/c1-42-26-12-14-27(23(16-26)19-36)31(37)33-24-9-4-20(5-10-24)3-7-22-8-11-25(17-30(22)44(39,40)41)34-32(38)28-13-6-21(18-35)15-29(28)43-2/h3-17,35-36H,18-19H2,1-2H3,(H,33,37)(H,34,38)(H,39,40,41). The number of ether oxygens (including phenoxy) is 2. The first-order valence-electron chi connectivity index (χ1n) is 13.1. The molecular weight excluding hydrogens is 588 g/mol. The van der Waals surface area contributed by atoms with Crippen LogP contribution in [0.5, 0.6) is 11.5 Å². The number of carbonyl (C=O) groups excluding carboxylic acids is 2. The lowest BCUT2D eigenvalue weighted by molar-refractivity contribution is 0.101. The van der Waals surface area contributed by atoms with Gasteiger partial charge in [-0.25, -0.2) is 0 Å². The maximum Gasteiger partial charge on any atom is 0.295 e. The van der Waals surface area contributed by atoms with Crippen molar-refractivity contribution in [2.75, 3.05) is 24.9 Å². The summed E-state index contributed by atoms with van der Waals surface area (Å²) in [7, 11) is -1.80. The molecule has 0 fully saturated rings. The molecule has 0 aliphatic heterocycles. The van der Waals surface area contributed by atoms with Gasteiger partial charge in [-0.05, 0) is 76.9 Å². The fourth-order valence-electron chi connectivity index (χ4n) is 4.30. The van der Waals surface area contributed by atoms with Gasteiger partial charge >= 0.3 is 0 Å². The molecule has 0 bridgehead atoms. The minimum atomic E-state index is -4.67. The summed E-state index contributed by atoms with van der Waals surface area (Å²) in [6, 6.07) is 20.1. The zero-order valence-corrected chi connectivity index (χ0v) is 24.6. The van der Waals surface area contributed by atoms with Gasteiger partial charge in [-0.2, -0.15) is 8.42 Å². The van der Waals surface area contributed by atoms with Crippen molar-refractivity contribution in [3.8, 4) is 11.5 Å². The van der Waals surface area contributed by atoms with E-state index in [1.807, 2.05) is 0 Å². The Morgan fingerprint density at radius 1 is 0.750 bits per heavy atom. The molecule has 0 saturated carbocycles. The van der Waals surface area contributed by atoms with Crippen LogP contribution in [0.2, 0.25) is 0 Å². The largest absolute Gasteiger partial charge is 0.497 e. The predicted octanol–water partition coefficient (Wildman–Crippen LogP) is 4.61. The van der Waals surface area contributed by atoms with E-state index in [4.69, 9.17) is 9.47 Å². The van der Waals surface area contributed by atoms with Crippen LogP contribution in [0.25, 0.3) is 12.2 Å². The summed E-state index contributed by atoms with van der Waals surface area (Å²) < 4.78 is 44.6. The second-order valence-electron chi connectivity index (χ2n) is 9.47. The van der Waals surface area contributed by atoms with E-state index in [1.165, 1.54) is 44.6 Å². The monoisotopic (exact) mass is 618 g/mol. The average Bonchev–Trinajstić information content (AvgIpc) is 3.03.